The van der Waals surface area contributed by atoms with Gasteiger partial charge in [-0.15, -0.1) is 11.3 Å². The predicted octanol–water partition coefficient (Wildman–Crippen LogP) is 4.60. The number of carbonyl (C=O) groups excluding carboxylic acids is 2. The van der Waals surface area contributed by atoms with Crippen LogP contribution in [0.1, 0.15) is 41.6 Å². The third-order valence-corrected chi connectivity index (χ3v) is 4.59. The van der Waals surface area contributed by atoms with Crippen molar-refractivity contribution in [2.24, 2.45) is 5.41 Å². The summed E-state index contributed by atoms with van der Waals surface area (Å²) in [4.78, 5) is 25.1. The van der Waals surface area contributed by atoms with Crippen molar-refractivity contribution in [2.75, 3.05) is 10.6 Å². The van der Waals surface area contributed by atoms with Crippen LogP contribution in [0.15, 0.2) is 30.3 Å². The van der Waals surface area contributed by atoms with Gasteiger partial charge in [0.2, 0.25) is 5.91 Å². The van der Waals surface area contributed by atoms with Crippen molar-refractivity contribution in [3.63, 3.8) is 0 Å². The van der Waals surface area contributed by atoms with Crippen LogP contribution in [0.25, 0.3) is 0 Å². The van der Waals surface area contributed by atoms with Gasteiger partial charge in [0.05, 0.1) is 9.88 Å². The van der Waals surface area contributed by atoms with Crippen molar-refractivity contribution in [1.82, 2.24) is 0 Å². The van der Waals surface area contributed by atoms with Crippen LogP contribution in [0.4, 0.5) is 10.7 Å². The Balaban J connectivity index is 2.16. The first-order valence-corrected chi connectivity index (χ1v) is 8.29. The number of thiophene rings is 1. The quantitative estimate of drug-likeness (QED) is 0.864. The molecule has 0 atom stereocenters. The molecule has 0 radical (unpaired) electrons. The minimum atomic E-state index is -0.471. The summed E-state index contributed by atoms with van der Waals surface area (Å²) in [5.74, 6) is -0.220. The second-order valence-electron chi connectivity index (χ2n) is 6.60. The molecular weight excluding hydrogens is 308 g/mol. The Morgan fingerprint density at radius 1 is 1.00 bits per heavy atom. The van der Waals surface area contributed by atoms with Gasteiger partial charge in [-0.3, -0.25) is 9.59 Å². The first kappa shape index (κ1) is 17.2. The van der Waals surface area contributed by atoms with E-state index in [1.807, 2.05) is 65.0 Å². The zero-order chi connectivity index (χ0) is 17.2. The third-order valence-electron chi connectivity index (χ3n) is 3.44. The van der Waals surface area contributed by atoms with E-state index >= 15 is 0 Å². The molecule has 23 heavy (non-hydrogen) atoms. The van der Waals surface area contributed by atoms with Gasteiger partial charge in [-0.2, -0.15) is 0 Å². The molecule has 0 bridgehead atoms. The summed E-state index contributed by atoms with van der Waals surface area (Å²) in [5, 5.41) is 6.49. The van der Waals surface area contributed by atoms with E-state index in [1.54, 1.807) is 0 Å². The fourth-order valence-electron chi connectivity index (χ4n) is 1.96. The lowest BCUT2D eigenvalue weighted by Gasteiger charge is -2.16. The van der Waals surface area contributed by atoms with Crippen molar-refractivity contribution in [3.05, 3.63) is 46.3 Å². The molecule has 0 aliphatic heterocycles. The van der Waals surface area contributed by atoms with Crippen molar-refractivity contribution in [1.29, 1.82) is 0 Å². The van der Waals surface area contributed by atoms with Gasteiger partial charge in [-0.05, 0) is 37.1 Å². The molecule has 122 valence electrons. The summed E-state index contributed by atoms with van der Waals surface area (Å²) in [6.07, 6.45) is 0. The number of benzene rings is 1. The van der Waals surface area contributed by atoms with Crippen LogP contribution >= 0.6 is 11.3 Å². The van der Waals surface area contributed by atoms with Gasteiger partial charge in [0, 0.05) is 11.1 Å². The van der Waals surface area contributed by atoms with E-state index in [2.05, 4.69) is 10.6 Å². The first-order chi connectivity index (χ1) is 10.7. The molecule has 0 saturated heterocycles. The van der Waals surface area contributed by atoms with Gasteiger partial charge in [0.1, 0.15) is 0 Å². The molecule has 4 nitrogen and oxygen atoms in total. The number of hydrogen-bond donors (Lipinski definition) is 2. The van der Waals surface area contributed by atoms with Crippen LogP contribution in [-0.2, 0) is 4.79 Å². The Morgan fingerprint density at radius 2 is 1.65 bits per heavy atom. The Labute approximate surface area is 140 Å². The second kappa shape index (κ2) is 6.54. The Hall–Kier alpha value is -2.14. The van der Waals surface area contributed by atoms with E-state index in [9.17, 15) is 9.59 Å². The Bertz CT molecular complexity index is 742. The van der Waals surface area contributed by atoms with Crippen LogP contribution in [0.5, 0.6) is 0 Å². The van der Waals surface area contributed by atoms with E-state index in [0.717, 1.165) is 16.8 Å². The summed E-state index contributed by atoms with van der Waals surface area (Å²) < 4.78 is 0. The van der Waals surface area contributed by atoms with Gasteiger partial charge >= 0.3 is 0 Å². The molecule has 0 fully saturated rings. The van der Waals surface area contributed by atoms with Crippen LogP contribution in [0.3, 0.4) is 0 Å². The van der Waals surface area contributed by atoms with E-state index in [0.29, 0.717) is 9.88 Å². The van der Waals surface area contributed by atoms with Crippen molar-refractivity contribution >= 4 is 33.8 Å². The Morgan fingerprint density at radius 3 is 2.26 bits per heavy atom. The maximum Gasteiger partial charge on any atom is 0.266 e. The maximum atomic E-state index is 12.5. The molecule has 1 heterocycles. The summed E-state index contributed by atoms with van der Waals surface area (Å²) in [6, 6.07) is 9.48. The normalized spacial score (nSPS) is 11.2. The van der Waals surface area contributed by atoms with Crippen LogP contribution in [-0.4, -0.2) is 11.8 Å². The van der Waals surface area contributed by atoms with E-state index in [-0.39, 0.29) is 11.8 Å². The Kier molecular flexibility index (Phi) is 4.90. The minimum Gasteiger partial charge on any atom is -0.321 e. The number of hydrogen-bond acceptors (Lipinski definition) is 3. The van der Waals surface area contributed by atoms with Crippen molar-refractivity contribution < 1.29 is 9.59 Å². The highest BCUT2D eigenvalue weighted by atomic mass is 32.1. The van der Waals surface area contributed by atoms with Crippen molar-refractivity contribution in [3.8, 4) is 0 Å². The molecule has 2 N–H and O–H groups in total. The molecule has 0 spiro atoms. The lowest BCUT2D eigenvalue weighted by molar-refractivity contribution is -0.123. The fourth-order valence-corrected chi connectivity index (χ4v) is 2.92. The maximum absolute atomic E-state index is 12.5. The molecule has 2 amide bonds. The standard InChI is InChI=1S/C18H22N2O2S/c1-11-8-6-7-9-13(11)19-16(21)15-12(2)10-14(23-15)20-17(22)18(3,4)5/h6-10H,1-5H3,(H,19,21)(H,20,22). The monoisotopic (exact) mass is 330 g/mol. The molecular formula is C18H22N2O2S. The van der Waals surface area contributed by atoms with Gasteiger partial charge in [-0.25, -0.2) is 0 Å². The summed E-state index contributed by atoms with van der Waals surface area (Å²) in [6.45, 7) is 9.39. The van der Waals surface area contributed by atoms with Crippen LogP contribution in [0.2, 0.25) is 0 Å². The highest BCUT2D eigenvalue weighted by Gasteiger charge is 2.23. The lowest BCUT2D eigenvalue weighted by atomic mass is 9.96. The molecule has 2 aromatic rings. The lowest BCUT2D eigenvalue weighted by Crippen LogP contribution is -2.27. The van der Waals surface area contributed by atoms with Gasteiger partial charge in [0.15, 0.2) is 0 Å². The average Bonchev–Trinajstić information content (AvgIpc) is 2.81. The van der Waals surface area contributed by atoms with Gasteiger partial charge in [-0.1, -0.05) is 39.0 Å². The largest absolute Gasteiger partial charge is 0.321 e. The molecule has 0 aliphatic carbocycles. The predicted molar refractivity (Wildman–Crippen MR) is 96.3 cm³/mol. The van der Waals surface area contributed by atoms with Gasteiger partial charge < -0.3 is 10.6 Å². The SMILES string of the molecule is Cc1ccccc1NC(=O)c1sc(NC(=O)C(C)(C)C)cc1C. The summed E-state index contributed by atoms with van der Waals surface area (Å²) in [7, 11) is 0. The zero-order valence-electron chi connectivity index (χ0n) is 14.1. The smallest absolute Gasteiger partial charge is 0.266 e. The van der Waals surface area contributed by atoms with Crippen LogP contribution in [0, 0.1) is 19.3 Å². The minimum absolute atomic E-state index is 0.0652. The van der Waals surface area contributed by atoms with E-state index in [1.165, 1.54) is 11.3 Å². The van der Waals surface area contributed by atoms with E-state index in [4.69, 9.17) is 0 Å². The number of amides is 2. The number of nitrogens with one attached hydrogen (secondary N) is 2. The summed E-state index contributed by atoms with van der Waals surface area (Å²) in [5.41, 5.74) is 2.19. The van der Waals surface area contributed by atoms with Crippen molar-refractivity contribution in [2.45, 2.75) is 34.6 Å². The zero-order valence-corrected chi connectivity index (χ0v) is 14.9. The molecule has 2 rings (SSSR count). The van der Waals surface area contributed by atoms with E-state index < -0.39 is 5.41 Å². The second-order valence-corrected chi connectivity index (χ2v) is 7.65. The fraction of sp³-hybridized carbons (Fsp3) is 0.333. The average molecular weight is 330 g/mol. The number of carbonyl (C=O) groups is 2. The highest BCUT2D eigenvalue weighted by molar-refractivity contribution is 7.18. The molecule has 1 aromatic heterocycles. The third kappa shape index (κ3) is 4.20. The molecule has 5 heteroatoms. The molecule has 1 aromatic carbocycles. The molecule has 0 aliphatic rings. The first-order valence-electron chi connectivity index (χ1n) is 7.47. The summed E-state index contributed by atoms with van der Waals surface area (Å²) >= 11 is 1.29. The number of para-hydroxylation sites is 1. The van der Waals surface area contributed by atoms with Gasteiger partial charge in [0.25, 0.3) is 5.91 Å². The number of rotatable bonds is 3. The molecule has 0 saturated carbocycles. The van der Waals surface area contributed by atoms with Crippen LogP contribution < -0.4 is 10.6 Å². The molecule has 0 unspecified atom stereocenters. The number of aryl methyl sites for hydroxylation is 2. The number of anilines is 2. The highest BCUT2D eigenvalue weighted by Crippen LogP contribution is 2.29. The topological polar surface area (TPSA) is 58.2 Å².